The van der Waals surface area contributed by atoms with Crippen molar-refractivity contribution in [3.05, 3.63) is 46.5 Å². The van der Waals surface area contributed by atoms with Crippen LogP contribution in [0.15, 0.2) is 24.3 Å². The molecule has 0 aromatic heterocycles. The van der Waals surface area contributed by atoms with Crippen molar-refractivity contribution in [3.8, 4) is 23.0 Å². The van der Waals surface area contributed by atoms with Crippen LogP contribution in [0.3, 0.4) is 0 Å². The van der Waals surface area contributed by atoms with Crippen molar-refractivity contribution in [2.75, 3.05) is 35.0 Å². The second-order valence-electron chi connectivity index (χ2n) is 6.73. The monoisotopic (exact) mass is 369 g/mol. The number of fused-ring (bicyclic) bond motifs is 5. The molecule has 2 aromatic carbocycles. The molecule has 0 fully saturated rings. The Hall–Kier alpha value is -2.89. The van der Waals surface area contributed by atoms with Gasteiger partial charge >= 0.3 is 0 Å². The summed E-state index contributed by atoms with van der Waals surface area (Å²) in [6.07, 6.45) is 1.16. The van der Waals surface area contributed by atoms with Crippen molar-refractivity contribution in [1.29, 1.82) is 0 Å². The Kier molecular flexibility index (Phi) is 4.34. The van der Waals surface area contributed by atoms with Crippen molar-refractivity contribution in [2.24, 2.45) is 0 Å². The maximum absolute atomic E-state index is 12.8. The molecule has 2 aliphatic heterocycles. The number of ether oxygens (including phenoxy) is 4. The Morgan fingerprint density at radius 2 is 1.26 bits per heavy atom. The van der Waals surface area contributed by atoms with E-state index in [1.165, 1.54) is 5.56 Å². The first-order valence-electron chi connectivity index (χ1n) is 8.90. The maximum atomic E-state index is 12.8. The number of benzene rings is 2. The van der Waals surface area contributed by atoms with Gasteiger partial charge in [0.2, 0.25) is 5.91 Å². The highest BCUT2D eigenvalue weighted by molar-refractivity contribution is 5.83. The van der Waals surface area contributed by atoms with Crippen molar-refractivity contribution in [2.45, 2.75) is 18.9 Å². The number of carbonyl (C=O) groups is 1. The van der Waals surface area contributed by atoms with Crippen LogP contribution in [-0.4, -0.2) is 45.8 Å². The maximum Gasteiger partial charge on any atom is 0.227 e. The quantitative estimate of drug-likeness (QED) is 0.829. The summed E-state index contributed by atoms with van der Waals surface area (Å²) in [5, 5.41) is 0. The van der Waals surface area contributed by atoms with E-state index in [1.807, 2.05) is 29.2 Å². The molecule has 0 N–H and O–H groups in total. The molecule has 142 valence electrons. The van der Waals surface area contributed by atoms with E-state index in [1.54, 1.807) is 28.4 Å². The molecule has 2 aliphatic rings. The minimum Gasteiger partial charge on any atom is -0.493 e. The number of nitrogens with zero attached hydrogens (tertiary/aromatic N) is 1. The van der Waals surface area contributed by atoms with Gasteiger partial charge in [-0.2, -0.15) is 0 Å². The summed E-state index contributed by atoms with van der Waals surface area (Å²) in [5.41, 5.74) is 4.28. The van der Waals surface area contributed by atoms with E-state index in [9.17, 15) is 4.79 Å². The molecule has 2 aromatic rings. The van der Waals surface area contributed by atoms with Crippen molar-refractivity contribution >= 4 is 5.91 Å². The molecule has 0 spiro atoms. The van der Waals surface area contributed by atoms with Crippen LogP contribution in [0.4, 0.5) is 0 Å². The number of amides is 1. The van der Waals surface area contributed by atoms with E-state index in [4.69, 9.17) is 18.9 Å². The number of rotatable bonds is 4. The summed E-state index contributed by atoms with van der Waals surface area (Å²) >= 11 is 0. The van der Waals surface area contributed by atoms with Gasteiger partial charge in [0.1, 0.15) is 0 Å². The molecule has 1 atom stereocenters. The highest BCUT2D eigenvalue weighted by atomic mass is 16.5. The summed E-state index contributed by atoms with van der Waals surface area (Å²) in [5.74, 6) is 2.80. The minimum absolute atomic E-state index is 0.125. The molecular formula is C21H23NO5. The molecule has 6 nitrogen and oxygen atoms in total. The number of hydrogen-bond donors (Lipinski definition) is 0. The second kappa shape index (κ2) is 6.68. The predicted molar refractivity (Wildman–Crippen MR) is 100 cm³/mol. The zero-order chi connectivity index (χ0) is 19.1. The zero-order valence-electron chi connectivity index (χ0n) is 16.0. The summed E-state index contributed by atoms with van der Waals surface area (Å²) in [4.78, 5) is 14.8. The van der Waals surface area contributed by atoms with Gasteiger partial charge in [-0.05, 0) is 52.9 Å². The van der Waals surface area contributed by atoms with Crippen LogP contribution in [-0.2, 0) is 17.6 Å². The van der Waals surface area contributed by atoms with Crippen molar-refractivity contribution in [1.82, 2.24) is 4.90 Å². The molecule has 0 aliphatic carbocycles. The minimum atomic E-state index is -0.162. The molecule has 0 unspecified atom stereocenters. The van der Waals surface area contributed by atoms with Gasteiger partial charge in [0.15, 0.2) is 23.0 Å². The number of methoxy groups -OCH3 is 4. The number of hydrogen-bond acceptors (Lipinski definition) is 5. The summed E-state index contributed by atoms with van der Waals surface area (Å²) in [7, 11) is 6.49. The first-order chi connectivity index (χ1) is 13.1. The molecule has 27 heavy (non-hydrogen) atoms. The highest BCUT2D eigenvalue weighted by Crippen LogP contribution is 2.46. The van der Waals surface area contributed by atoms with Crippen LogP contribution in [0.2, 0.25) is 0 Å². The fourth-order valence-electron chi connectivity index (χ4n) is 4.16. The smallest absolute Gasteiger partial charge is 0.227 e. The molecular weight excluding hydrogens is 346 g/mol. The third-order valence-corrected chi connectivity index (χ3v) is 5.48. The average molecular weight is 369 g/mol. The molecule has 0 saturated heterocycles. The van der Waals surface area contributed by atoms with Gasteiger partial charge in [-0.25, -0.2) is 0 Å². The van der Waals surface area contributed by atoms with Crippen molar-refractivity contribution < 1.29 is 23.7 Å². The first-order valence-corrected chi connectivity index (χ1v) is 8.90. The molecule has 0 saturated carbocycles. The van der Waals surface area contributed by atoms with Crippen LogP contribution in [0, 0.1) is 0 Å². The van der Waals surface area contributed by atoms with Gasteiger partial charge in [-0.1, -0.05) is 0 Å². The summed E-state index contributed by atoms with van der Waals surface area (Å²) in [6.45, 7) is 0.680. The van der Waals surface area contributed by atoms with E-state index < -0.39 is 0 Å². The average Bonchev–Trinajstić information content (AvgIpc) is 2.71. The fraction of sp³-hybridized carbons (Fsp3) is 0.381. The summed E-state index contributed by atoms with van der Waals surface area (Å²) in [6, 6.07) is 7.75. The van der Waals surface area contributed by atoms with E-state index in [0.29, 0.717) is 36.0 Å². The van der Waals surface area contributed by atoms with Crippen molar-refractivity contribution in [3.63, 3.8) is 0 Å². The highest BCUT2D eigenvalue weighted by Gasteiger charge is 2.38. The lowest BCUT2D eigenvalue weighted by atomic mass is 9.82. The van der Waals surface area contributed by atoms with Gasteiger partial charge in [-0.3, -0.25) is 4.79 Å². The Labute approximate surface area is 158 Å². The fourth-order valence-corrected chi connectivity index (χ4v) is 4.16. The lowest BCUT2D eigenvalue weighted by molar-refractivity contribution is -0.133. The van der Waals surface area contributed by atoms with Crippen LogP contribution < -0.4 is 18.9 Å². The van der Waals surface area contributed by atoms with Crippen LogP contribution in [0.25, 0.3) is 0 Å². The topological polar surface area (TPSA) is 57.2 Å². The standard InChI is InChI=1S/C21H23NO5/c1-24-16-7-12-5-6-22-20(23)9-13-8-17(25-2)19(27-4)11-15(13)21(22)14(12)10-18(16)26-3/h7-8,10-11,21H,5-6,9H2,1-4H3/t21-/m1/s1. The Morgan fingerprint density at radius 3 is 1.81 bits per heavy atom. The molecule has 6 heteroatoms. The molecule has 2 heterocycles. The number of carbonyl (C=O) groups excluding carboxylic acids is 1. The second-order valence-corrected chi connectivity index (χ2v) is 6.73. The van der Waals surface area contributed by atoms with Crippen LogP contribution >= 0.6 is 0 Å². The van der Waals surface area contributed by atoms with Crippen LogP contribution in [0.1, 0.15) is 28.3 Å². The van der Waals surface area contributed by atoms with Gasteiger partial charge in [0, 0.05) is 6.54 Å². The van der Waals surface area contributed by atoms with E-state index in [2.05, 4.69) is 0 Å². The summed E-state index contributed by atoms with van der Waals surface area (Å²) < 4.78 is 21.9. The van der Waals surface area contributed by atoms with Gasteiger partial charge in [0.25, 0.3) is 0 Å². The van der Waals surface area contributed by atoms with E-state index in [-0.39, 0.29) is 11.9 Å². The largest absolute Gasteiger partial charge is 0.493 e. The zero-order valence-corrected chi connectivity index (χ0v) is 16.0. The molecule has 1 amide bonds. The van der Waals surface area contributed by atoms with Gasteiger partial charge in [-0.15, -0.1) is 0 Å². The Balaban J connectivity index is 1.93. The molecule has 4 rings (SSSR count). The predicted octanol–water partition coefficient (Wildman–Crippen LogP) is 2.75. The molecule has 0 bridgehead atoms. The lowest BCUT2D eigenvalue weighted by Crippen LogP contribution is -2.44. The third kappa shape index (κ3) is 2.67. The SMILES string of the molecule is COc1cc2c(cc1OC)[C@@H]1c3cc(OC)c(OC)cc3CC(=O)N1CC2. The van der Waals surface area contributed by atoms with E-state index in [0.717, 1.165) is 23.1 Å². The Morgan fingerprint density at radius 1 is 0.778 bits per heavy atom. The van der Waals surface area contributed by atoms with E-state index >= 15 is 0 Å². The third-order valence-electron chi connectivity index (χ3n) is 5.48. The van der Waals surface area contributed by atoms with Gasteiger partial charge < -0.3 is 23.8 Å². The van der Waals surface area contributed by atoms with Crippen LogP contribution in [0.5, 0.6) is 23.0 Å². The first kappa shape index (κ1) is 17.5. The Bertz CT molecular complexity index is 908. The van der Waals surface area contributed by atoms with Gasteiger partial charge in [0.05, 0.1) is 40.9 Å². The normalized spacial score (nSPS) is 17.6. The lowest BCUT2D eigenvalue weighted by Gasteiger charge is -2.42. The molecule has 0 radical (unpaired) electrons.